The van der Waals surface area contributed by atoms with Crippen molar-refractivity contribution in [2.24, 2.45) is 0 Å². The van der Waals surface area contributed by atoms with Crippen LogP contribution in [0, 0.1) is 5.82 Å². The molecule has 0 radical (unpaired) electrons. The van der Waals surface area contributed by atoms with Crippen LogP contribution in [0.25, 0.3) is 0 Å². The largest absolute Gasteiger partial charge is 0.340 e. The van der Waals surface area contributed by atoms with Crippen LogP contribution in [0.5, 0.6) is 0 Å². The van der Waals surface area contributed by atoms with E-state index in [1.165, 1.54) is 12.1 Å². The quantitative estimate of drug-likeness (QED) is 0.814. The summed E-state index contributed by atoms with van der Waals surface area (Å²) < 4.78 is 25.3. The van der Waals surface area contributed by atoms with Gasteiger partial charge in [-0.3, -0.25) is 9.00 Å². The molecule has 0 aliphatic rings. The number of carbonyl (C=O) groups excluding carboxylic acids is 1. The van der Waals surface area contributed by atoms with Gasteiger partial charge in [0.25, 0.3) is 0 Å². The van der Waals surface area contributed by atoms with Gasteiger partial charge in [-0.15, -0.1) is 0 Å². The van der Waals surface area contributed by atoms with E-state index in [1.807, 2.05) is 30.3 Å². The van der Waals surface area contributed by atoms with Crippen molar-refractivity contribution < 1.29 is 13.4 Å². The van der Waals surface area contributed by atoms with Gasteiger partial charge in [-0.25, -0.2) is 4.39 Å². The summed E-state index contributed by atoms with van der Waals surface area (Å²) in [6, 6.07) is 15.5. The second-order valence-corrected chi connectivity index (χ2v) is 7.23. The minimum absolute atomic E-state index is 0.158. The fraction of sp³-hybridized carbons (Fsp3) is 0.278. The molecule has 0 unspecified atom stereocenters. The molecular formula is C18H20FNO2S. The van der Waals surface area contributed by atoms with Crippen LogP contribution in [-0.2, 0) is 27.9 Å². The number of hydrogen-bond donors (Lipinski definition) is 0. The third-order valence-corrected chi connectivity index (χ3v) is 5.21. The van der Waals surface area contributed by atoms with Crippen molar-refractivity contribution in [1.29, 1.82) is 0 Å². The molecule has 0 N–H and O–H groups in total. The van der Waals surface area contributed by atoms with E-state index in [9.17, 15) is 13.4 Å². The Bertz CT molecular complexity index is 673. The van der Waals surface area contributed by atoms with E-state index in [-0.39, 0.29) is 17.5 Å². The van der Waals surface area contributed by atoms with Crippen molar-refractivity contribution in [3.8, 4) is 0 Å². The summed E-state index contributed by atoms with van der Waals surface area (Å²) in [5.74, 6) is -0.243. The van der Waals surface area contributed by atoms with Gasteiger partial charge >= 0.3 is 0 Å². The Balaban J connectivity index is 1.95. The molecule has 0 heterocycles. The predicted octanol–water partition coefficient (Wildman–Crippen LogP) is 3.12. The number of halogens is 1. The molecule has 2 aromatic carbocycles. The first kappa shape index (κ1) is 17.3. The average molecular weight is 333 g/mol. The second kappa shape index (κ2) is 8.02. The molecule has 3 nitrogen and oxygen atoms in total. The van der Waals surface area contributed by atoms with Crippen LogP contribution in [0.4, 0.5) is 4.39 Å². The third kappa shape index (κ3) is 4.99. The molecule has 2 rings (SSSR count). The predicted molar refractivity (Wildman–Crippen MR) is 90.6 cm³/mol. The molecule has 0 fully saturated rings. The van der Waals surface area contributed by atoms with Crippen molar-refractivity contribution in [2.75, 3.05) is 7.05 Å². The molecular weight excluding hydrogens is 313 g/mol. The highest BCUT2D eigenvalue weighted by molar-refractivity contribution is 7.85. The van der Waals surface area contributed by atoms with Gasteiger partial charge in [-0.1, -0.05) is 42.5 Å². The lowest BCUT2D eigenvalue weighted by molar-refractivity contribution is -0.129. The number of rotatable bonds is 6. The zero-order chi connectivity index (χ0) is 16.8. The lowest BCUT2D eigenvalue weighted by atomic mass is 10.2. The van der Waals surface area contributed by atoms with Gasteiger partial charge in [-0.05, 0) is 30.2 Å². The summed E-state index contributed by atoms with van der Waals surface area (Å²) in [7, 11) is 0.365. The van der Waals surface area contributed by atoms with Crippen molar-refractivity contribution >= 4 is 16.7 Å². The van der Waals surface area contributed by atoms with Crippen LogP contribution in [0.15, 0.2) is 54.6 Å². The lowest BCUT2D eigenvalue weighted by Crippen LogP contribution is -2.37. The molecule has 5 heteroatoms. The first-order valence-corrected chi connectivity index (χ1v) is 8.76. The number of hydrogen-bond acceptors (Lipinski definition) is 2. The van der Waals surface area contributed by atoms with Crippen molar-refractivity contribution in [3.63, 3.8) is 0 Å². The topological polar surface area (TPSA) is 37.4 Å². The Labute approximate surface area is 138 Å². The van der Waals surface area contributed by atoms with E-state index in [0.717, 1.165) is 11.1 Å². The highest BCUT2D eigenvalue weighted by Gasteiger charge is 2.23. The monoisotopic (exact) mass is 333 g/mol. The SMILES string of the molecule is C[C@@H](C(=O)N(C)Cc1ccccc1)[S@@](=O)Cc1ccc(F)cc1. The molecule has 2 aromatic rings. The number of nitrogens with zero attached hydrogens (tertiary/aromatic N) is 1. The maximum absolute atomic E-state index is 12.9. The lowest BCUT2D eigenvalue weighted by Gasteiger charge is -2.21. The molecule has 23 heavy (non-hydrogen) atoms. The summed E-state index contributed by atoms with van der Waals surface area (Å²) in [6.07, 6.45) is 0. The van der Waals surface area contributed by atoms with Gasteiger partial charge in [0.1, 0.15) is 11.1 Å². The van der Waals surface area contributed by atoms with Crippen molar-refractivity contribution in [2.45, 2.75) is 24.5 Å². The maximum atomic E-state index is 12.9. The van der Waals surface area contributed by atoms with Crippen LogP contribution in [0.3, 0.4) is 0 Å². The summed E-state index contributed by atoms with van der Waals surface area (Å²) >= 11 is 0. The molecule has 122 valence electrons. The van der Waals surface area contributed by atoms with Crippen LogP contribution < -0.4 is 0 Å². The molecule has 0 aliphatic heterocycles. The van der Waals surface area contributed by atoms with Gasteiger partial charge < -0.3 is 4.90 Å². The Kier molecular flexibility index (Phi) is 6.04. The van der Waals surface area contributed by atoms with Gasteiger partial charge in [-0.2, -0.15) is 0 Å². The van der Waals surface area contributed by atoms with Crippen LogP contribution in [-0.4, -0.2) is 27.3 Å². The van der Waals surface area contributed by atoms with E-state index in [2.05, 4.69) is 0 Å². The van der Waals surface area contributed by atoms with E-state index in [0.29, 0.717) is 6.54 Å². The minimum atomic E-state index is -1.34. The number of amides is 1. The smallest absolute Gasteiger partial charge is 0.238 e. The van der Waals surface area contributed by atoms with E-state index >= 15 is 0 Å². The number of carbonyl (C=O) groups is 1. The first-order chi connectivity index (χ1) is 11.0. The van der Waals surface area contributed by atoms with Gasteiger partial charge in [0.2, 0.25) is 5.91 Å². The molecule has 0 aliphatic carbocycles. The van der Waals surface area contributed by atoms with E-state index in [1.54, 1.807) is 31.0 Å². The van der Waals surface area contributed by atoms with E-state index < -0.39 is 16.0 Å². The molecule has 0 saturated heterocycles. The molecule has 0 aromatic heterocycles. The summed E-state index contributed by atoms with van der Waals surface area (Å²) in [5, 5.41) is -0.603. The molecule has 0 saturated carbocycles. The minimum Gasteiger partial charge on any atom is -0.340 e. The maximum Gasteiger partial charge on any atom is 0.238 e. The Hall–Kier alpha value is -2.01. The standard InChI is InChI=1S/C18H20FNO2S/c1-14(23(22)13-16-8-10-17(19)11-9-16)18(21)20(2)12-15-6-4-3-5-7-15/h3-11,14H,12-13H2,1-2H3/t14-,23-/m0/s1. The van der Waals surface area contributed by atoms with Crippen molar-refractivity contribution in [3.05, 3.63) is 71.5 Å². The van der Waals surface area contributed by atoms with E-state index in [4.69, 9.17) is 0 Å². The van der Waals surface area contributed by atoms with Crippen LogP contribution >= 0.6 is 0 Å². The third-order valence-electron chi connectivity index (χ3n) is 3.60. The fourth-order valence-electron chi connectivity index (χ4n) is 2.23. The summed E-state index contributed by atoms with van der Waals surface area (Å²) in [6.45, 7) is 2.15. The van der Waals surface area contributed by atoms with Gasteiger partial charge in [0, 0.05) is 30.1 Å². The van der Waals surface area contributed by atoms with Crippen LogP contribution in [0.2, 0.25) is 0 Å². The Morgan fingerprint density at radius 3 is 2.30 bits per heavy atom. The molecule has 1 amide bonds. The molecule has 0 spiro atoms. The average Bonchev–Trinajstić information content (AvgIpc) is 2.56. The highest BCUT2D eigenvalue weighted by atomic mass is 32.2. The van der Waals surface area contributed by atoms with Gasteiger partial charge in [0.15, 0.2) is 0 Å². The van der Waals surface area contributed by atoms with Crippen molar-refractivity contribution in [1.82, 2.24) is 4.90 Å². The highest BCUT2D eigenvalue weighted by Crippen LogP contribution is 2.12. The molecule has 2 atom stereocenters. The zero-order valence-corrected chi connectivity index (χ0v) is 14.1. The fourth-order valence-corrected chi connectivity index (χ4v) is 3.40. The molecule has 0 bridgehead atoms. The normalized spacial score (nSPS) is 13.3. The van der Waals surface area contributed by atoms with Gasteiger partial charge in [0.05, 0.1) is 0 Å². The summed E-state index contributed by atoms with van der Waals surface area (Å²) in [4.78, 5) is 14.0. The van der Waals surface area contributed by atoms with Crippen LogP contribution in [0.1, 0.15) is 18.1 Å². The number of benzene rings is 2. The zero-order valence-electron chi connectivity index (χ0n) is 13.2. The Morgan fingerprint density at radius 2 is 1.70 bits per heavy atom. The Morgan fingerprint density at radius 1 is 1.09 bits per heavy atom. The summed E-state index contributed by atoms with van der Waals surface area (Å²) in [5.41, 5.74) is 1.79. The first-order valence-electron chi connectivity index (χ1n) is 7.38. The second-order valence-electron chi connectivity index (χ2n) is 5.47.